The van der Waals surface area contributed by atoms with Crippen LogP contribution in [0.5, 0.6) is 0 Å². The first-order valence-corrected chi connectivity index (χ1v) is 10.5. The minimum Gasteiger partial charge on any atom is -0.452 e. The third kappa shape index (κ3) is 4.69. The molecule has 2 heterocycles. The second-order valence-corrected chi connectivity index (χ2v) is 8.18. The average molecular weight is 420 g/mol. The molecule has 4 N–H and O–H groups in total. The molecule has 0 saturated carbocycles. The number of nitrogens with one attached hydrogen (secondary N) is 2. The molecule has 166 valence electrons. The van der Waals surface area contributed by atoms with Crippen LogP contribution in [0.4, 0.5) is 21.0 Å². The van der Waals surface area contributed by atoms with E-state index in [1.165, 1.54) is 7.11 Å². The number of amides is 2. The molecule has 1 aromatic rings. The van der Waals surface area contributed by atoms with Gasteiger partial charge in [0.2, 0.25) is 0 Å². The molecule has 2 aliphatic heterocycles. The van der Waals surface area contributed by atoms with Gasteiger partial charge in [-0.2, -0.15) is 0 Å². The number of methoxy groups -OCH3 is 1. The second kappa shape index (κ2) is 9.63. The number of ether oxygens (including phenoxy) is 2. The highest BCUT2D eigenvalue weighted by Gasteiger charge is 2.37. The Morgan fingerprint density at radius 3 is 2.57 bits per heavy atom. The second-order valence-electron chi connectivity index (χ2n) is 8.18. The highest BCUT2D eigenvalue weighted by atomic mass is 16.6. The predicted molar refractivity (Wildman–Crippen MR) is 116 cm³/mol. The topological polar surface area (TPSA) is 109 Å². The van der Waals surface area contributed by atoms with Gasteiger partial charge in [0.1, 0.15) is 0 Å². The number of rotatable bonds is 6. The highest BCUT2D eigenvalue weighted by molar-refractivity contribution is 6.00. The Morgan fingerprint density at radius 1 is 1.27 bits per heavy atom. The van der Waals surface area contributed by atoms with Crippen LogP contribution in [0.1, 0.15) is 32.3 Å². The van der Waals surface area contributed by atoms with Gasteiger partial charge in [0.05, 0.1) is 37.2 Å². The van der Waals surface area contributed by atoms with Gasteiger partial charge in [0.25, 0.3) is 0 Å². The van der Waals surface area contributed by atoms with Crippen molar-refractivity contribution in [2.45, 2.75) is 44.9 Å². The van der Waals surface area contributed by atoms with Gasteiger partial charge >= 0.3 is 12.2 Å². The summed E-state index contributed by atoms with van der Waals surface area (Å²) in [5.41, 5.74) is 8.32. The first kappa shape index (κ1) is 22.3. The first-order chi connectivity index (χ1) is 14.3. The minimum atomic E-state index is -0.456. The van der Waals surface area contributed by atoms with E-state index in [9.17, 15) is 9.59 Å². The molecule has 3 rings (SSSR count). The Hall–Kier alpha value is -2.36. The lowest BCUT2D eigenvalue weighted by Crippen LogP contribution is -2.56. The van der Waals surface area contributed by atoms with Gasteiger partial charge in [-0.15, -0.1) is 0 Å². The monoisotopic (exact) mass is 419 g/mol. The van der Waals surface area contributed by atoms with Crippen LogP contribution in [0.2, 0.25) is 0 Å². The Morgan fingerprint density at radius 2 is 2.00 bits per heavy atom. The lowest BCUT2D eigenvalue weighted by Gasteiger charge is -2.40. The van der Waals surface area contributed by atoms with Gasteiger partial charge in [-0.25, -0.2) is 9.59 Å². The standard InChI is InChI=1S/C21H33N5O4/c1-13(2)30-20(27)25-12-14(3)26(21(28)29-4)18-6-5-15(7-19(18)25)16(8-22)9-24-17-10-23-11-17/h5-7,13-14,16-17,23-24H,8-12,22H2,1-4H3/t14-,16?/m0/s1. The van der Waals surface area contributed by atoms with Crippen LogP contribution >= 0.6 is 0 Å². The summed E-state index contributed by atoms with van der Waals surface area (Å²) in [5, 5.41) is 6.76. The van der Waals surface area contributed by atoms with Crippen molar-refractivity contribution in [3.63, 3.8) is 0 Å². The molecule has 0 bridgehead atoms. The van der Waals surface area contributed by atoms with Gasteiger partial charge in [-0.3, -0.25) is 9.80 Å². The summed E-state index contributed by atoms with van der Waals surface area (Å²) in [7, 11) is 1.36. The number of fused-ring (bicyclic) bond motifs is 1. The summed E-state index contributed by atoms with van der Waals surface area (Å²) >= 11 is 0. The number of nitrogens with zero attached hydrogens (tertiary/aromatic N) is 2. The number of benzene rings is 1. The van der Waals surface area contributed by atoms with E-state index in [0.29, 0.717) is 30.5 Å². The molecule has 1 fully saturated rings. The number of carbonyl (C=O) groups excluding carboxylic acids is 2. The van der Waals surface area contributed by atoms with Crippen LogP contribution < -0.4 is 26.2 Å². The zero-order valence-electron chi connectivity index (χ0n) is 18.2. The molecule has 30 heavy (non-hydrogen) atoms. The van der Waals surface area contributed by atoms with E-state index in [4.69, 9.17) is 15.2 Å². The van der Waals surface area contributed by atoms with Gasteiger partial charge in [-0.05, 0) is 38.5 Å². The molecular weight excluding hydrogens is 386 g/mol. The van der Waals surface area contributed by atoms with Crippen molar-refractivity contribution in [3.05, 3.63) is 23.8 Å². The van der Waals surface area contributed by atoms with E-state index in [0.717, 1.165) is 25.2 Å². The molecule has 1 saturated heterocycles. The highest BCUT2D eigenvalue weighted by Crippen LogP contribution is 2.38. The van der Waals surface area contributed by atoms with Crippen molar-refractivity contribution in [1.29, 1.82) is 0 Å². The molecule has 9 nitrogen and oxygen atoms in total. The molecule has 2 amide bonds. The molecule has 0 spiro atoms. The Balaban J connectivity index is 1.93. The summed E-state index contributed by atoms with van der Waals surface area (Å²) < 4.78 is 10.4. The van der Waals surface area contributed by atoms with Crippen LogP contribution in [-0.4, -0.2) is 70.2 Å². The van der Waals surface area contributed by atoms with Crippen LogP contribution in [0, 0.1) is 0 Å². The van der Waals surface area contributed by atoms with Crippen LogP contribution in [0.25, 0.3) is 0 Å². The SMILES string of the molecule is COC(=O)N1c2ccc(C(CN)CNC3CNC3)cc2N(C(=O)OC(C)C)C[C@@H]1C. The van der Waals surface area contributed by atoms with Gasteiger partial charge in [-0.1, -0.05) is 6.07 Å². The van der Waals surface area contributed by atoms with E-state index < -0.39 is 12.2 Å². The van der Waals surface area contributed by atoms with Crippen LogP contribution in [-0.2, 0) is 9.47 Å². The lowest BCUT2D eigenvalue weighted by molar-refractivity contribution is 0.121. The van der Waals surface area contributed by atoms with Crippen molar-refractivity contribution in [3.8, 4) is 0 Å². The van der Waals surface area contributed by atoms with Crippen LogP contribution in [0.15, 0.2) is 18.2 Å². The molecule has 2 atom stereocenters. The van der Waals surface area contributed by atoms with Crippen molar-refractivity contribution in [2.75, 3.05) is 49.6 Å². The average Bonchev–Trinajstić information content (AvgIpc) is 2.68. The first-order valence-electron chi connectivity index (χ1n) is 10.5. The van der Waals surface area contributed by atoms with Crippen LogP contribution in [0.3, 0.4) is 0 Å². The van der Waals surface area contributed by atoms with Gasteiger partial charge in [0.15, 0.2) is 0 Å². The summed E-state index contributed by atoms with van der Waals surface area (Å²) in [5.74, 6) is 0.0878. The molecule has 1 unspecified atom stereocenters. The maximum Gasteiger partial charge on any atom is 0.414 e. The van der Waals surface area contributed by atoms with Gasteiger partial charge in [0, 0.05) is 38.1 Å². The largest absolute Gasteiger partial charge is 0.452 e. The van der Waals surface area contributed by atoms with Crippen molar-refractivity contribution < 1.29 is 19.1 Å². The normalized spacial score (nSPS) is 19.9. The van der Waals surface area contributed by atoms with E-state index in [2.05, 4.69) is 10.6 Å². The molecule has 1 aromatic carbocycles. The minimum absolute atomic E-state index is 0.0878. The summed E-state index contributed by atoms with van der Waals surface area (Å²) in [6.07, 6.45) is -1.12. The summed E-state index contributed by atoms with van der Waals surface area (Å²) in [6, 6.07) is 5.98. The molecule has 9 heteroatoms. The third-order valence-electron chi connectivity index (χ3n) is 5.56. The Labute approximate surface area is 177 Å². The fourth-order valence-electron chi connectivity index (χ4n) is 3.79. The smallest absolute Gasteiger partial charge is 0.414 e. The van der Waals surface area contributed by atoms with E-state index >= 15 is 0 Å². The van der Waals surface area contributed by atoms with E-state index in [1.54, 1.807) is 9.80 Å². The quantitative estimate of drug-likeness (QED) is 0.643. The number of nitrogens with two attached hydrogens (primary N) is 1. The molecule has 0 aromatic heterocycles. The van der Waals surface area contributed by atoms with E-state index in [1.807, 2.05) is 39.0 Å². The number of hydrogen-bond donors (Lipinski definition) is 3. The van der Waals surface area contributed by atoms with Crippen molar-refractivity contribution >= 4 is 23.6 Å². The number of hydrogen-bond acceptors (Lipinski definition) is 7. The fourth-order valence-corrected chi connectivity index (χ4v) is 3.79. The maximum atomic E-state index is 12.8. The summed E-state index contributed by atoms with van der Waals surface area (Å²) in [6.45, 7) is 8.96. The van der Waals surface area contributed by atoms with E-state index in [-0.39, 0.29) is 18.1 Å². The number of carbonyl (C=O) groups is 2. The Kier molecular flexibility index (Phi) is 7.17. The zero-order valence-corrected chi connectivity index (χ0v) is 18.2. The Bertz CT molecular complexity index is 768. The van der Waals surface area contributed by atoms with Crippen molar-refractivity contribution in [1.82, 2.24) is 10.6 Å². The third-order valence-corrected chi connectivity index (χ3v) is 5.56. The molecular formula is C21H33N5O4. The zero-order chi connectivity index (χ0) is 21.8. The molecule has 0 radical (unpaired) electrons. The maximum absolute atomic E-state index is 12.8. The molecule has 2 aliphatic rings. The predicted octanol–water partition coefficient (Wildman–Crippen LogP) is 1.62. The fraction of sp³-hybridized carbons (Fsp3) is 0.619. The molecule has 0 aliphatic carbocycles. The van der Waals surface area contributed by atoms with Gasteiger partial charge < -0.3 is 25.8 Å². The lowest BCUT2D eigenvalue weighted by atomic mass is 9.95. The number of anilines is 2. The summed E-state index contributed by atoms with van der Waals surface area (Å²) in [4.78, 5) is 28.4. The van der Waals surface area contributed by atoms with Crippen molar-refractivity contribution in [2.24, 2.45) is 5.73 Å².